The van der Waals surface area contributed by atoms with Crippen molar-refractivity contribution in [3.05, 3.63) is 47.8 Å². The third-order valence-electron chi connectivity index (χ3n) is 5.43. The van der Waals surface area contributed by atoms with E-state index in [4.69, 9.17) is 5.26 Å². The minimum Gasteiger partial charge on any atom is -0.370 e. The predicted molar refractivity (Wildman–Crippen MR) is 98.6 cm³/mol. The number of carbonyl (C=O) groups excluding carboxylic acids is 1. The molecule has 6 heteroatoms. The fraction of sp³-hybridized carbons (Fsp3) is 0.450. The molecule has 6 nitrogen and oxygen atoms in total. The molecule has 4 rings (SSSR count). The molecule has 0 unspecified atom stereocenters. The molecule has 0 radical (unpaired) electrons. The van der Waals surface area contributed by atoms with Gasteiger partial charge in [-0.15, -0.1) is 0 Å². The minimum absolute atomic E-state index is 0.126. The standard InChI is InChI=1S/C20H23N5O/c1-23-14-16(13-22-23)18-11-19(18)20(26)25-8-2-7-24(9-10-25)17-5-3-15(12-21)4-6-17/h3-6,13-14,18-19H,2,7-11H2,1H3/t18-,19-/m0/s1. The Labute approximate surface area is 153 Å². The molecule has 1 amide bonds. The molecule has 1 aromatic heterocycles. The Kier molecular flexibility index (Phi) is 4.37. The number of nitrogens with zero attached hydrogens (tertiary/aromatic N) is 5. The van der Waals surface area contributed by atoms with E-state index in [9.17, 15) is 4.79 Å². The zero-order chi connectivity index (χ0) is 18.1. The predicted octanol–water partition coefficient (Wildman–Crippen LogP) is 2.13. The molecule has 26 heavy (non-hydrogen) atoms. The lowest BCUT2D eigenvalue weighted by atomic mass is 10.2. The first-order chi connectivity index (χ1) is 12.7. The number of hydrogen-bond acceptors (Lipinski definition) is 4. The van der Waals surface area contributed by atoms with Crippen molar-refractivity contribution in [3.63, 3.8) is 0 Å². The molecule has 1 aliphatic heterocycles. The summed E-state index contributed by atoms with van der Waals surface area (Å²) in [6.45, 7) is 3.35. The van der Waals surface area contributed by atoms with Gasteiger partial charge in [-0.1, -0.05) is 0 Å². The Hall–Kier alpha value is -2.81. The van der Waals surface area contributed by atoms with Crippen LogP contribution in [0.1, 0.15) is 29.9 Å². The Balaban J connectivity index is 1.36. The van der Waals surface area contributed by atoms with Gasteiger partial charge in [-0.2, -0.15) is 10.4 Å². The first-order valence-corrected chi connectivity index (χ1v) is 9.18. The van der Waals surface area contributed by atoms with Gasteiger partial charge in [0.1, 0.15) is 0 Å². The molecule has 1 aliphatic carbocycles. The molecule has 134 valence electrons. The summed E-state index contributed by atoms with van der Waals surface area (Å²) >= 11 is 0. The van der Waals surface area contributed by atoms with Crippen LogP contribution in [0.2, 0.25) is 0 Å². The molecule has 0 bridgehead atoms. The van der Waals surface area contributed by atoms with Crippen LogP contribution < -0.4 is 4.90 Å². The number of anilines is 1. The smallest absolute Gasteiger partial charge is 0.226 e. The molecule has 2 heterocycles. The van der Waals surface area contributed by atoms with Crippen molar-refractivity contribution >= 4 is 11.6 Å². The van der Waals surface area contributed by atoms with Crippen LogP contribution in [0.4, 0.5) is 5.69 Å². The summed E-state index contributed by atoms with van der Waals surface area (Å²) in [6.07, 6.45) is 5.82. The second-order valence-corrected chi connectivity index (χ2v) is 7.22. The van der Waals surface area contributed by atoms with Gasteiger partial charge in [-0.25, -0.2) is 0 Å². The molecule has 2 fully saturated rings. The highest BCUT2D eigenvalue weighted by Gasteiger charge is 2.46. The van der Waals surface area contributed by atoms with E-state index in [1.165, 1.54) is 5.56 Å². The normalized spacial score (nSPS) is 22.6. The van der Waals surface area contributed by atoms with Crippen molar-refractivity contribution in [1.82, 2.24) is 14.7 Å². The van der Waals surface area contributed by atoms with E-state index in [-0.39, 0.29) is 5.92 Å². The van der Waals surface area contributed by atoms with Crippen LogP contribution in [0.15, 0.2) is 36.7 Å². The van der Waals surface area contributed by atoms with Crippen molar-refractivity contribution in [1.29, 1.82) is 5.26 Å². The van der Waals surface area contributed by atoms with Gasteiger partial charge >= 0.3 is 0 Å². The second kappa shape index (κ2) is 6.83. The number of hydrogen-bond donors (Lipinski definition) is 0. The number of aryl methyl sites for hydroxylation is 1. The summed E-state index contributed by atoms with van der Waals surface area (Å²) in [5, 5.41) is 13.1. The molecule has 1 saturated carbocycles. The van der Waals surface area contributed by atoms with Gasteiger partial charge in [0.15, 0.2) is 0 Å². The summed E-state index contributed by atoms with van der Waals surface area (Å²) in [5.74, 6) is 0.760. The van der Waals surface area contributed by atoms with Crippen molar-refractivity contribution < 1.29 is 4.79 Å². The van der Waals surface area contributed by atoms with Crippen LogP contribution in [0.3, 0.4) is 0 Å². The lowest BCUT2D eigenvalue weighted by molar-refractivity contribution is -0.132. The van der Waals surface area contributed by atoms with E-state index in [2.05, 4.69) is 16.1 Å². The van der Waals surface area contributed by atoms with Gasteiger partial charge in [-0.3, -0.25) is 9.48 Å². The molecular formula is C20H23N5O. The number of carbonyl (C=O) groups is 1. The van der Waals surface area contributed by atoms with Gasteiger partial charge in [-0.05, 0) is 48.6 Å². The number of benzene rings is 1. The van der Waals surface area contributed by atoms with Crippen LogP contribution >= 0.6 is 0 Å². The van der Waals surface area contributed by atoms with E-state index in [1.54, 1.807) is 4.68 Å². The van der Waals surface area contributed by atoms with Gasteiger partial charge in [0, 0.05) is 51.0 Å². The van der Waals surface area contributed by atoms with Crippen LogP contribution in [0.5, 0.6) is 0 Å². The number of nitriles is 1. The zero-order valence-electron chi connectivity index (χ0n) is 15.0. The van der Waals surface area contributed by atoms with E-state index >= 15 is 0 Å². The average molecular weight is 349 g/mol. The zero-order valence-corrected chi connectivity index (χ0v) is 15.0. The quantitative estimate of drug-likeness (QED) is 0.851. The fourth-order valence-electron chi connectivity index (χ4n) is 3.85. The van der Waals surface area contributed by atoms with Crippen molar-refractivity contribution in [3.8, 4) is 6.07 Å². The molecule has 2 atom stereocenters. The topological polar surface area (TPSA) is 65.2 Å². The van der Waals surface area contributed by atoms with E-state index in [0.29, 0.717) is 17.4 Å². The SMILES string of the molecule is Cn1cc([C@@H]2C[C@@H]2C(=O)N2CCCN(c3ccc(C#N)cc3)CC2)cn1. The average Bonchev–Trinajstić information content (AvgIpc) is 3.41. The number of amides is 1. The maximum absolute atomic E-state index is 12.9. The summed E-state index contributed by atoms with van der Waals surface area (Å²) < 4.78 is 1.80. The van der Waals surface area contributed by atoms with E-state index in [0.717, 1.165) is 44.7 Å². The summed E-state index contributed by atoms with van der Waals surface area (Å²) in [6, 6.07) is 9.85. The first kappa shape index (κ1) is 16.6. The Morgan fingerprint density at radius 1 is 1.19 bits per heavy atom. The molecule has 1 aromatic carbocycles. The highest BCUT2D eigenvalue weighted by Crippen LogP contribution is 2.48. The van der Waals surface area contributed by atoms with Crippen LogP contribution in [-0.2, 0) is 11.8 Å². The Morgan fingerprint density at radius 3 is 2.69 bits per heavy atom. The highest BCUT2D eigenvalue weighted by atomic mass is 16.2. The number of aromatic nitrogens is 2. The molecule has 0 N–H and O–H groups in total. The minimum atomic E-state index is 0.126. The van der Waals surface area contributed by atoms with Crippen LogP contribution in [0.25, 0.3) is 0 Å². The second-order valence-electron chi connectivity index (χ2n) is 7.22. The summed E-state index contributed by atoms with van der Waals surface area (Å²) in [5.41, 5.74) is 2.98. The van der Waals surface area contributed by atoms with Crippen LogP contribution in [-0.4, -0.2) is 46.8 Å². The van der Waals surface area contributed by atoms with Crippen molar-refractivity contribution in [2.75, 3.05) is 31.1 Å². The fourth-order valence-corrected chi connectivity index (χ4v) is 3.85. The Bertz CT molecular complexity index is 835. The maximum atomic E-state index is 12.9. The monoisotopic (exact) mass is 349 g/mol. The highest BCUT2D eigenvalue weighted by molar-refractivity contribution is 5.83. The van der Waals surface area contributed by atoms with Gasteiger partial charge in [0.2, 0.25) is 5.91 Å². The van der Waals surface area contributed by atoms with E-state index in [1.807, 2.05) is 48.6 Å². The third-order valence-corrected chi connectivity index (χ3v) is 5.43. The lowest BCUT2D eigenvalue weighted by Gasteiger charge is -2.24. The van der Waals surface area contributed by atoms with Crippen LogP contribution in [0, 0.1) is 17.2 Å². The molecule has 2 aromatic rings. The molecule has 2 aliphatic rings. The van der Waals surface area contributed by atoms with Gasteiger partial charge < -0.3 is 9.80 Å². The van der Waals surface area contributed by atoms with Gasteiger partial charge in [0.25, 0.3) is 0 Å². The molecule has 0 spiro atoms. The van der Waals surface area contributed by atoms with E-state index < -0.39 is 0 Å². The Morgan fingerprint density at radius 2 is 2.00 bits per heavy atom. The largest absolute Gasteiger partial charge is 0.370 e. The molecule has 1 saturated heterocycles. The number of rotatable bonds is 3. The summed E-state index contributed by atoms with van der Waals surface area (Å²) in [4.78, 5) is 17.2. The van der Waals surface area contributed by atoms with Crippen molar-refractivity contribution in [2.45, 2.75) is 18.8 Å². The van der Waals surface area contributed by atoms with Gasteiger partial charge in [0.05, 0.1) is 17.8 Å². The summed E-state index contributed by atoms with van der Waals surface area (Å²) in [7, 11) is 1.91. The lowest BCUT2D eigenvalue weighted by Crippen LogP contribution is -2.36. The van der Waals surface area contributed by atoms with Crippen molar-refractivity contribution in [2.24, 2.45) is 13.0 Å². The maximum Gasteiger partial charge on any atom is 0.226 e. The molecular weight excluding hydrogens is 326 g/mol. The third kappa shape index (κ3) is 3.30. The first-order valence-electron chi connectivity index (χ1n) is 9.18.